The van der Waals surface area contributed by atoms with Gasteiger partial charge in [-0.05, 0) is 37.1 Å². The van der Waals surface area contributed by atoms with Crippen molar-refractivity contribution in [2.75, 3.05) is 13.1 Å². The lowest BCUT2D eigenvalue weighted by molar-refractivity contribution is 0.0710. The number of halogens is 2. The molecule has 0 radical (unpaired) electrons. The molecule has 1 saturated heterocycles. The summed E-state index contributed by atoms with van der Waals surface area (Å²) in [5.41, 5.74) is 6.04. The Kier molecular flexibility index (Phi) is 5.21. The van der Waals surface area contributed by atoms with E-state index in [1.165, 1.54) is 6.07 Å². The average Bonchev–Trinajstić information content (AvgIpc) is 3.16. The van der Waals surface area contributed by atoms with Crippen LogP contribution in [-0.4, -0.2) is 29.9 Å². The standard InChI is InChI=1S/C16H17FN2O2.ClH/c17-13-6-2-1-5-12(13)14-7-8-15(21-14)16(20)19-9-3-4-11(19)10-18;/h1-2,5-8,11H,3-4,9-10,18H2;1H. The molecular weight excluding hydrogens is 307 g/mol. The molecule has 4 nitrogen and oxygen atoms in total. The summed E-state index contributed by atoms with van der Waals surface area (Å²) in [5, 5.41) is 0. The number of rotatable bonds is 3. The fourth-order valence-electron chi connectivity index (χ4n) is 2.75. The maximum Gasteiger partial charge on any atom is 0.289 e. The van der Waals surface area contributed by atoms with E-state index >= 15 is 0 Å². The Labute approximate surface area is 134 Å². The minimum atomic E-state index is -0.369. The minimum absolute atomic E-state index is 0. The maximum atomic E-state index is 13.7. The van der Waals surface area contributed by atoms with Crippen molar-refractivity contribution in [1.29, 1.82) is 0 Å². The van der Waals surface area contributed by atoms with Crippen LogP contribution in [0.3, 0.4) is 0 Å². The Morgan fingerprint density at radius 1 is 1.32 bits per heavy atom. The quantitative estimate of drug-likeness (QED) is 0.944. The molecule has 1 aliphatic rings. The van der Waals surface area contributed by atoms with Gasteiger partial charge in [0.2, 0.25) is 0 Å². The number of furan rings is 1. The van der Waals surface area contributed by atoms with Crippen LogP contribution in [0.1, 0.15) is 23.4 Å². The van der Waals surface area contributed by atoms with Gasteiger partial charge in [-0.15, -0.1) is 12.4 Å². The van der Waals surface area contributed by atoms with Crippen molar-refractivity contribution in [3.63, 3.8) is 0 Å². The fraction of sp³-hybridized carbons (Fsp3) is 0.312. The molecule has 0 saturated carbocycles. The maximum absolute atomic E-state index is 13.7. The lowest BCUT2D eigenvalue weighted by Crippen LogP contribution is -2.39. The molecule has 1 amide bonds. The number of likely N-dealkylation sites (tertiary alicyclic amines) is 1. The first-order valence-electron chi connectivity index (χ1n) is 7.06. The van der Waals surface area contributed by atoms with Crippen molar-refractivity contribution in [1.82, 2.24) is 4.90 Å². The van der Waals surface area contributed by atoms with E-state index in [1.54, 1.807) is 35.2 Å². The number of carbonyl (C=O) groups excluding carboxylic acids is 1. The highest BCUT2D eigenvalue weighted by molar-refractivity contribution is 5.92. The van der Waals surface area contributed by atoms with E-state index in [0.29, 0.717) is 24.4 Å². The zero-order chi connectivity index (χ0) is 14.8. The minimum Gasteiger partial charge on any atom is -0.451 e. The van der Waals surface area contributed by atoms with Gasteiger partial charge in [0.05, 0.1) is 5.56 Å². The van der Waals surface area contributed by atoms with Gasteiger partial charge in [0.15, 0.2) is 5.76 Å². The van der Waals surface area contributed by atoms with E-state index in [2.05, 4.69) is 0 Å². The largest absolute Gasteiger partial charge is 0.451 e. The molecule has 0 spiro atoms. The molecule has 2 aromatic rings. The first-order chi connectivity index (χ1) is 10.2. The molecule has 0 aliphatic carbocycles. The molecule has 118 valence electrons. The Hall–Kier alpha value is -1.85. The number of hydrogen-bond acceptors (Lipinski definition) is 3. The zero-order valence-corrected chi connectivity index (χ0v) is 12.8. The molecule has 0 bridgehead atoms. The third-order valence-electron chi connectivity index (χ3n) is 3.87. The second-order valence-electron chi connectivity index (χ2n) is 5.17. The monoisotopic (exact) mass is 324 g/mol. The summed E-state index contributed by atoms with van der Waals surface area (Å²) >= 11 is 0. The van der Waals surface area contributed by atoms with Gasteiger partial charge < -0.3 is 15.1 Å². The molecule has 2 N–H and O–H groups in total. The van der Waals surface area contributed by atoms with E-state index < -0.39 is 0 Å². The zero-order valence-electron chi connectivity index (χ0n) is 12.0. The number of nitrogens with zero attached hydrogens (tertiary/aromatic N) is 1. The van der Waals surface area contributed by atoms with Crippen LogP contribution in [0.2, 0.25) is 0 Å². The fourth-order valence-corrected chi connectivity index (χ4v) is 2.75. The summed E-state index contributed by atoms with van der Waals surface area (Å²) in [6.07, 6.45) is 1.87. The van der Waals surface area contributed by atoms with Crippen LogP contribution in [-0.2, 0) is 0 Å². The van der Waals surface area contributed by atoms with E-state index in [1.807, 2.05) is 0 Å². The summed E-state index contributed by atoms with van der Waals surface area (Å²) in [5.74, 6) is 0.0472. The van der Waals surface area contributed by atoms with Gasteiger partial charge in [-0.2, -0.15) is 0 Å². The molecule has 1 aliphatic heterocycles. The molecule has 1 fully saturated rings. The first-order valence-corrected chi connectivity index (χ1v) is 7.06. The normalized spacial score (nSPS) is 17.4. The van der Waals surface area contributed by atoms with Gasteiger partial charge in [0.25, 0.3) is 5.91 Å². The Morgan fingerprint density at radius 2 is 2.09 bits per heavy atom. The SMILES string of the molecule is Cl.NCC1CCCN1C(=O)c1ccc(-c2ccccc2F)o1. The third-order valence-corrected chi connectivity index (χ3v) is 3.87. The highest BCUT2D eigenvalue weighted by Crippen LogP contribution is 2.27. The lowest BCUT2D eigenvalue weighted by atomic mass is 10.1. The van der Waals surface area contributed by atoms with Crippen molar-refractivity contribution < 1.29 is 13.6 Å². The van der Waals surface area contributed by atoms with Crippen molar-refractivity contribution in [2.24, 2.45) is 5.73 Å². The van der Waals surface area contributed by atoms with Crippen molar-refractivity contribution >= 4 is 18.3 Å². The van der Waals surface area contributed by atoms with Crippen molar-refractivity contribution in [3.8, 4) is 11.3 Å². The molecule has 22 heavy (non-hydrogen) atoms. The number of amides is 1. The van der Waals surface area contributed by atoms with Crippen molar-refractivity contribution in [3.05, 3.63) is 48.0 Å². The van der Waals surface area contributed by atoms with Gasteiger partial charge >= 0.3 is 0 Å². The highest BCUT2D eigenvalue weighted by atomic mass is 35.5. The van der Waals surface area contributed by atoms with E-state index in [-0.39, 0.29) is 35.9 Å². The molecule has 1 atom stereocenters. The summed E-state index contributed by atoms with van der Waals surface area (Å²) in [7, 11) is 0. The van der Waals surface area contributed by atoms with E-state index in [9.17, 15) is 9.18 Å². The highest BCUT2D eigenvalue weighted by Gasteiger charge is 2.30. The Morgan fingerprint density at radius 3 is 2.82 bits per heavy atom. The lowest BCUT2D eigenvalue weighted by Gasteiger charge is -2.22. The molecule has 6 heteroatoms. The first kappa shape index (κ1) is 16.5. The van der Waals surface area contributed by atoms with Gasteiger partial charge in [-0.25, -0.2) is 4.39 Å². The van der Waals surface area contributed by atoms with Crippen LogP contribution in [0.5, 0.6) is 0 Å². The molecule has 3 rings (SSSR count). The predicted molar refractivity (Wildman–Crippen MR) is 84.5 cm³/mol. The summed E-state index contributed by atoms with van der Waals surface area (Å²) in [6.45, 7) is 1.14. The number of carbonyl (C=O) groups is 1. The van der Waals surface area contributed by atoms with Crippen LogP contribution in [0, 0.1) is 5.82 Å². The van der Waals surface area contributed by atoms with Crippen LogP contribution in [0.15, 0.2) is 40.8 Å². The van der Waals surface area contributed by atoms with Crippen LogP contribution in [0.4, 0.5) is 4.39 Å². The van der Waals surface area contributed by atoms with Gasteiger partial charge in [0.1, 0.15) is 11.6 Å². The predicted octanol–water partition coefficient (Wildman–Crippen LogP) is 3.07. The second-order valence-corrected chi connectivity index (χ2v) is 5.17. The number of nitrogens with two attached hydrogens (primary N) is 1. The van der Waals surface area contributed by atoms with E-state index in [0.717, 1.165) is 12.8 Å². The molecule has 1 unspecified atom stereocenters. The second kappa shape index (κ2) is 6.94. The molecule has 1 aromatic heterocycles. The van der Waals surface area contributed by atoms with Crippen LogP contribution in [0.25, 0.3) is 11.3 Å². The Balaban J connectivity index is 0.00000176. The number of benzene rings is 1. The molecule has 1 aromatic carbocycles. The summed E-state index contributed by atoms with van der Waals surface area (Å²) in [4.78, 5) is 14.2. The number of hydrogen-bond donors (Lipinski definition) is 1. The summed E-state index contributed by atoms with van der Waals surface area (Å²) in [6, 6.07) is 9.62. The van der Waals surface area contributed by atoms with Gasteiger partial charge in [0, 0.05) is 19.1 Å². The molecular formula is C16H18ClFN2O2. The summed E-state index contributed by atoms with van der Waals surface area (Å²) < 4.78 is 19.3. The average molecular weight is 325 g/mol. The molecule has 2 heterocycles. The topological polar surface area (TPSA) is 59.5 Å². The third kappa shape index (κ3) is 3.00. The van der Waals surface area contributed by atoms with Crippen molar-refractivity contribution in [2.45, 2.75) is 18.9 Å². The van der Waals surface area contributed by atoms with Crippen LogP contribution < -0.4 is 5.73 Å². The van der Waals surface area contributed by atoms with E-state index in [4.69, 9.17) is 10.2 Å². The smallest absolute Gasteiger partial charge is 0.289 e. The Bertz CT molecular complexity index is 659. The van der Waals surface area contributed by atoms with Gasteiger partial charge in [-0.1, -0.05) is 12.1 Å². The van der Waals surface area contributed by atoms with Gasteiger partial charge in [-0.3, -0.25) is 4.79 Å². The van der Waals surface area contributed by atoms with Crippen LogP contribution >= 0.6 is 12.4 Å².